The highest BCUT2D eigenvalue weighted by Crippen LogP contribution is 2.38. The number of nitrogens with two attached hydrogens (primary N) is 1. The van der Waals surface area contributed by atoms with Crippen LogP contribution in [0.5, 0.6) is 0 Å². The summed E-state index contributed by atoms with van der Waals surface area (Å²) in [6, 6.07) is 3.00. The van der Waals surface area contributed by atoms with Crippen molar-refractivity contribution in [2.24, 2.45) is 11.7 Å². The van der Waals surface area contributed by atoms with E-state index >= 15 is 0 Å². The number of nitrogens with one attached hydrogen (secondary N) is 2. The van der Waals surface area contributed by atoms with E-state index in [0.717, 1.165) is 12.8 Å². The quantitative estimate of drug-likeness (QED) is 0.622. The molecule has 0 spiro atoms. The van der Waals surface area contributed by atoms with E-state index in [-0.39, 0.29) is 29.3 Å². The van der Waals surface area contributed by atoms with Gasteiger partial charge in [-0.25, -0.2) is 13.1 Å². The number of amides is 1. The van der Waals surface area contributed by atoms with Crippen LogP contribution in [0.3, 0.4) is 0 Å². The Bertz CT molecular complexity index is 616. The van der Waals surface area contributed by atoms with E-state index in [4.69, 9.17) is 5.73 Å². The van der Waals surface area contributed by atoms with Gasteiger partial charge < -0.3 is 11.1 Å². The molecule has 0 saturated heterocycles. The fraction of sp³-hybridized carbons (Fsp3) is 0.571. The first-order valence-corrected chi connectivity index (χ1v) is 8.76. The van der Waals surface area contributed by atoms with Crippen molar-refractivity contribution in [2.75, 3.05) is 13.1 Å². The summed E-state index contributed by atoms with van der Waals surface area (Å²) in [7, 11) is -3.63. The van der Waals surface area contributed by atoms with Crippen LogP contribution in [0.15, 0.2) is 29.4 Å². The van der Waals surface area contributed by atoms with Crippen molar-refractivity contribution in [1.29, 1.82) is 0 Å². The molecule has 4 N–H and O–H groups in total. The summed E-state index contributed by atoms with van der Waals surface area (Å²) in [6.45, 7) is 2.35. The largest absolute Gasteiger partial charge is 0.349 e. The molecule has 0 aliphatic heterocycles. The molecule has 1 amide bonds. The van der Waals surface area contributed by atoms with Gasteiger partial charge in [0.25, 0.3) is 0 Å². The molecule has 1 atom stereocenters. The van der Waals surface area contributed by atoms with Crippen LogP contribution < -0.4 is 15.8 Å². The number of aromatic nitrogens is 1. The number of rotatable bonds is 8. The van der Waals surface area contributed by atoms with Crippen molar-refractivity contribution in [3.8, 4) is 0 Å². The predicted molar refractivity (Wildman–Crippen MR) is 82.4 cm³/mol. The maximum Gasteiger partial charge on any atom is 0.242 e. The predicted octanol–water partition coefficient (Wildman–Crippen LogP) is -0.00640. The number of hydrogen-bond donors (Lipinski definition) is 3. The van der Waals surface area contributed by atoms with Gasteiger partial charge in [0.2, 0.25) is 15.9 Å². The number of sulfonamides is 1. The smallest absolute Gasteiger partial charge is 0.242 e. The summed E-state index contributed by atoms with van der Waals surface area (Å²) in [5.41, 5.74) is 5.35. The monoisotopic (exact) mass is 326 g/mol. The van der Waals surface area contributed by atoms with E-state index < -0.39 is 10.0 Å². The molecule has 1 aliphatic rings. The van der Waals surface area contributed by atoms with Crippen molar-refractivity contribution in [3.05, 3.63) is 24.5 Å². The Balaban J connectivity index is 1.82. The summed E-state index contributed by atoms with van der Waals surface area (Å²) < 4.78 is 26.3. The molecule has 0 aromatic carbocycles. The number of nitrogens with zero attached hydrogens (tertiary/aromatic N) is 1. The third-order valence-electron chi connectivity index (χ3n) is 3.92. The van der Waals surface area contributed by atoms with Gasteiger partial charge in [-0.2, -0.15) is 0 Å². The SMILES string of the molecule is CC(CN)(NC(=O)CCNS(=O)(=O)c1cccnc1)C1CC1. The van der Waals surface area contributed by atoms with Crippen molar-refractivity contribution in [2.45, 2.75) is 36.6 Å². The first-order valence-electron chi connectivity index (χ1n) is 7.28. The van der Waals surface area contributed by atoms with Crippen LogP contribution in [0.1, 0.15) is 26.2 Å². The van der Waals surface area contributed by atoms with Crippen molar-refractivity contribution in [3.63, 3.8) is 0 Å². The average Bonchev–Trinajstić information content (AvgIpc) is 3.33. The van der Waals surface area contributed by atoms with Crippen molar-refractivity contribution >= 4 is 15.9 Å². The Morgan fingerprint density at radius 2 is 2.23 bits per heavy atom. The maximum absolute atomic E-state index is 12.0. The van der Waals surface area contributed by atoms with Gasteiger partial charge >= 0.3 is 0 Å². The molecule has 22 heavy (non-hydrogen) atoms. The van der Waals surface area contributed by atoms with Gasteiger partial charge in [-0.05, 0) is 37.8 Å². The fourth-order valence-electron chi connectivity index (χ4n) is 2.31. The van der Waals surface area contributed by atoms with Crippen molar-refractivity contribution < 1.29 is 13.2 Å². The maximum atomic E-state index is 12.0. The summed E-state index contributed by atoms with van der Waals surface area (Å²) in [6.07, 6.45) is 4.98. The van der Waals surface area contributed by atoms with E-state index in [2.05, 4.69) is 15.0 Å². The topological polar surface area (TPSA) is 114 Å². The second kappa shape index (κ2) is 6.72. The summed E-state index contributed by atoms with van der Waals surface area (Å²) in [4.78, 5) is 15.8. The minimum absolute atomic E-state index is 0.0361. The molecular formula is C14H22N4O3S. The van der Waals surface area contributed by atoms with Crippen LogP contribution in [0.2, 0.25) is 0 Å². The van der Waals surface area contributed by atoms with E-state index in [1.807, 2.05) is 6.92 Å². The van der Waals surface area contributed by atoms with Gasteiger partial charge in [0.1, 0.15) is 4.90 Å². The van der Waals surface area contributed by atoms with E-state index in [9.17, 15) is 13.2 Å². The average molecular weight is 326 g/mol. The minimum Gasteiger partial charge on any atom is -0.349 e. The molecule has 122 valence electrons. The molecule has 7 nitrogen and oxygen atoms in total. The minimum atomic E-state index is -3.63. The standard InChI is InChI=1S/C14H22N4O3S/c1-14(10-15,11-4-5-11)18-13(19)6-8-17-22(20,21)12-3-2-7-16-9-12/h2-3,7,9,11,17H,4-6,8,10,15H2,1H3,(H,18,19). The molecular weight excluding hydrogens is 304 g/mol. The molecule has 0 radical (unpaired) electrons. The molecule has 1 aliphatic carbocycles. The van der Waals surface area contributed by atoms with Gasteiger partial charge in [0, 0.05) is 31.9 Å². The molecule has 8 heteroatoms. The molecule has 0 bridgehead atoms. The fourth-order valence-corrected chi connectivity index (χ4v) is 3.30. The van der Waals surface area contributed by atoms with Crippen molar-refractivity contribution in [1.82, 2.24) is 15.0 Å². The molecule has 2 rings (SSSR count). The summed E-state index contributed by atoms with van der Waals surface area (Å²) >= 11 is 0. The van der Waals surface area contributed by atoms with Crippen LogP contribution >= 0.6 is 0 Å². The normalized spacial score (nSPS) is 17.7. The second-order valence-corrected chi connectivity index (χ2v) is 7.55. The lowest BCUT2D eigenvalue weighted by molar-refractivity contribution is -0.122. The highest BCUT2D eigenvalue weighted by atomic mass is 32.2. The molecule has 1 fully saturated rings. The zero-order valence-corrected chi connectivity index (χ0v) is 13.4. The first kappa shape index (κ1) is 16.9. The number of carbonyl (C=O) groups is 1. The lowest BCUT2D eigenvalue weighted by atomic mass is 9.96. The molecule has 1 aromatic rings. The zero-order chi connectivity index (χ0) is 16.2. The van der Waals surface area contributed by atoms with E-state index in [1.54, 1.807) is 6.07 Å². The van der Waals surface area contributed by atoms with Gasteiger partial charge in [0.15, 0.2) is 0 Å². The lowest BCUT2D eigenvalue weighted by Crippen LogP contribution is -2.53. The van der Waals surface area contributed by atoms with E-state index in [0.29, 0.717) is 12.5 Å². The van der Waals surface area contributed by atoms with Gasteiger partial charge in [-0.15, -0.1) is 0 Å². The third-order valence-corrected chi connectivity index (χ3v) is 5.36. The van der Waals surface area contributed by atoms with Crippen LogP contribution in [-0.2, 0) is 14.8 Å². The van der Waals surface area contributed by atoms with Gasteiger partial charge in [-0.3, -0.25) is 9.78 Å². The Hall–Kier alpha value is -1.51. The number of carbonyl (C=O) groups excluding carboxylic acids is 1. The number of hydrogen-bond acceptors (Lipinski definition) is 5. The summed E-state index contributed by atoms with van der Waals surface area (Å²) in [5.74, 6) is 0.224. The van der Waals surface area contributed by atoms with Crippen LogP contribution in [0, 0.1) is 5.92 Å². The third kappa shape index (κ3) is 4.25. The second-order valence-electron chi connectivity index (χ2n) is 5.78. The lowest BCUT2D eigenvalue weighted by Gasteiger charge is -2.29. The Labute approximate surface area is 130 Å². The van der Waals surface area contributed by atoms with E-state index in [1.165, 1.54) is 18.5 Å². The van der Waals surface area contributed by atoms with Gasteiger partial charge in [-0.1, -0.05) is 0 Å². The Morgan fingerprint density at radius 3 is 2.77 bits per heavy atom. The number of pyridine rings is 1. The Morgan fingerprint density at radius 1 is 1.50 bits per heavy atom. The Kier molecular flexibility index (Phi) is 5.15. The van der Waals surface area contributed by atoms with Gasteiger partial charge in [0.05, 0.1) is 5.54 Å². The zero-order valence-electron chi connectivity index (χ0n) is 12.6. The molecule has 1 heterocycles. The highest BCUT2D eigenvalue weighted by Gasteiger charge is 2.41. The van der Waals surface area contributed by atoms with Crippen LogP contribution in [-0.4, -0.2) is 37.9 Å². The molecule has 1 saturated carbocycles. The van der Waals surface area contributed by atoms with Crippen LogP contribution in [0.4, 0.5) is 0 Å². The first-order chi connectivity index (χ1) is 10.4. The molecule has 1 aromatic heterocycles. The van der Waals surface area contributed by atoms with Crippen LogP contribution in [0.25, 0.3) is 0 Å². The molecule has 1 unspecified atom stereocenters. The highest BCUT2D eigenvalue weighted by molar-refractivity contribution is 7.89. The summed E-state index contributed by atoms with van der Waals surface area (Å²) in [5, 5.41) is 2.92.